The molecule has 0 aromatic heterocycles. The highest BCUT2D eigenvalue weighted by atomic mass is 127. The Morgan fingerprint density at radius 3 is 2.86 bits per heavy atom. The lowest BCUT2D eigenvalue weighted by Gasteiger charge is -2.17. The van der Waals surface area contributed by atoms with E-state index in [9.17, 15) is 0 Å². The van der Waals surface area contributed by atoms with Gasteiger partial charge >= 0.3 is 0 Å². The number of thioether (sulfide) groups is 1. The van der Waals surface area contributed by atoms with Crippen molar-refractivity contribution in [2.45, 2.75) is 37.1 Å². The summed E-state index contributed by atoms with van der Waals surface area (Å²) in [5.74, 6) is 0.872. The molecule has 1 aliphatic rings. The van der Waals surface area contributed by atoms with E-state index in [1.165, 1.54) is 19.3 Å². The van der Waals surface area contributed by atoms with Gasteiger partial charge in [-0.15, -0.1) is 24.0 Å². The molecular weight excluding hydrogens is 417 g/mol. The van der Waals surface area contributed by atoms with E-state index in [0.717, 1.165) is 28.3 Å². The Labute approximate surface area is 153 Å². The molecule has 2 rings (SSSR count). The smallest absolute Gasteiger partial charge is 0.191 e. The predicted octanol–water partition coefficient (Wildman–Crippen LogP) is 3.91. The van der Waals surface area contributed by atoms with Gasteiger partial charge in [0.2, 0.25) is 0 Å². The van der Waals surface area contributed by atoms with Gasteiger partial charge in [0.05, 0.1) is 0 Å². The standard InChI is InChI=1S/C15H22ClN3S.HI/c1-17-15(19-13-6-7-14(9-13)20-2)18-10-11-4-3-5-12(16)8-11;/h3-5,8,13-14H,6-7,9-10H2,1-2H3,(H2,17,18,19);1H. The Hall–Kier alpha value is -0.140. The summed E-state index contributed by atoms with van der Waals surface area (Å²) in [5.41, 5.74) is 1.16. The zero-order chi connectivity index (χ0) is 14.4. The fourth-order valence-electron chi connectivity index (χ4n) is 2.51. The van der Waals surface area contributed by atoms with E-state index in [4.69, 9.17) is 11.6 Å². The van der Waals surface area contributed by atoms with Gasteiger partial charge in [0, 0.05) is 29.9 Å². The van der Waals surface area contributed by atoms with Gasteiger partial charge in [0.1, 0.15) is 0 Å². The molecule has 3 nitrogen and oxygen atoms in total. The molecule has 0 spiro atoms. The second-order valence-electron chi connectivity index (χ2n) is 5.07. The summed E-state index contributed by atoms with van der Waals surface area (Å²) >= 11 is 7.96. The quantitative estimate of drug-likeness (QED) is 0.424. The molecule has 21 heavy (non-hydrogen) atoms. The van der Waals surface area contributed by atoms with Crippen LogP contribution in [0.25, 0.3) is 0 Å². The van der Waals surface area contributed by atoms with Crippen LogP contribution >= 0.6 is 47.3 Å². The van der Waals surface area contributed by atoms with Gasteiger partial charge in [-0.2, -0.15) is 11.8 Å². The zero-order valence-electron chi connectivity index (χ0n) is 12.4. The van der Waals surface area contributed by atoms with Crippen molar-refractivity contribution in [3.05, 3.63) is 34.9 Å². The van der Waals surface area contributed by atoms with Gasteiger partial charge in [-0.3, -0.25) is 4.99 Å². The van der Waals surface area contributed by atoms with E-state index >= 15 is 0 Å². The van der Waals surface area contributed by atoms with E-state index in [-0.39, 0.29) is 24.0 Å². The van der Waals surface area contributed by atoms with Crippen molar-refractivity contribution in [3.8, 4) is 0 Å². The van der Waals surface area contributed by atoms with Gasteiger partial charge in [0.25, 0.3) is 0 Å². The second kappa shape index (κ2) is 9.79. The van der Waals surface area contributed by atoms with E-state index in [1.54, 1.807) is 0 Å². The molecule has 2 unspecified atom stereocenters. The maximum absolute atomic E-state index is 5.99. The SMILES string of the molecule is CN=C(NCc1cccc(Cl)c1)NC1CCC(SC)C1.I. The van der Waals surface area contributed by atoms with Crippen LogP contribution in [-0.2, 0) is 6.54 Å². The molecule has 1 saturated carbocycles. The van der Waals surface area contributed by atoms with Crippen molar-refractivity contribution in [1.29, 1.82) is 0 Å². The molecule has 0 aliphatic heterocycles. The molecule has 1 fully saturated rings. The molecule has 118 valence electrons. The maximum atomic E-state index is 5.99. The van der Waals surface area contributed by atoms with Crippen molar-refractivity contribution in [3.63, 3.8) is 0 Å². The summed E-state index contributed by atoms with van der Waals surface area (Å²) in [4.78, 5) is 4.29. The normalized spacial score (nSPS) is 21.8. The average molecular weight is 440 g/mol. The molecule has 2 atom stereocenters. The molecule has 1 aromatic carbocycles. The Bertz CT molecular complexity index is 470. The van der Waals surface area contributed by atoms with Crippen LogP contribution in [0.2, 0.25) is 5.02 Å². The van der Waals surface area contributed by atoms with Crippen molar-refractivity contribution in [2.75, 3.05) is 13.3 Å². The minimum atomic E-state index is 0. The van der Waals surface area contributed by atoms with Crippen LogP contribution in [0.3, 0.4) is 0 Å². The molecule has 0 radical (unpaired) electrons. The highest BCUT2D eigenvalue weighted by Crippen LogP contribution is 2.27. The molecule has 0 saturated heterocycles. The van der Waals surface area contributed by atoms with Crippen LogP contribution in [-0.4, -0.2) is 30.6 Å². The molecule has 0 heterocycles. The highest BCUT2D eigenvalue weighted by molar-refractivity contribution is 14.0. The van der Waals surface area contributed by atoms with E-state index in [0.29, 0.717) is 6.04 Å². The Morgan fingerprint density at radius 1 is 1.43 bits per heavy atom. The van der Waals surface area contributed by atoms with E-state index < -0.39 is 0 Å². The van der Waals surface area contributed by atoms with Crippen LogP contribution in [0.4, 0.5) is 0 Å². The number of halogens is 2. The van der Waals surface area contributed by atoms with Crippen LogP contribution in [0, 0.1) is 0 Å². The minimum Gasteiger partial charge on any atom is -0.354 e. The molecule has 6 heteroatoms. The first-order chi connectivity index (χ1) is 9.71. The lowest BCUT2D eigenvalue weighted by molar-refractivity contribution is 0.614. The summed E-state index contributed by atoms with van der Waals surface area (Å²) in [6, 6.07) is 8.43. The summed E-state index contributed by atoms with van der Waals surface area (Å²) in [7, 11) is 1.81. The van der Waals surface area contributed by atoms with Gasteiger partial charge in [-0.1, -0.05) is 23.7 Å². The molecular formula is C15H23ClIN3S. The Balaban J connectivity index is 0.00000220. The number of nitrogens with one attached hydrogen (secondary N) is 2. The number of nitrogens with zero attached hydrogens (tertiary/aromatic N) is 1. The first kappa shape index (κ1) is 18.9. The van der Waals surface area contributed by atoms with Gasteiger partial charge in [-0.25, -0.2) is 0 Å². The number of guanidine groups is 1. The van der Waals surface area contributed by atoms with Gasteiger partial charge < -0.3 is 10.6 Å². The van der Waals surface area contributed by atoms with Crippen molar-refractivity contribution < 1.29 is 0 Å². The van der Waals surface area contributed by atoms with E-state index in [2.05, 4.69) is 27.9 Å². The summed E-state index contributed by atoms with van der Waals surface area (Å²) in [6.45, 7) is 0.735. The van der Waals surface area contributed by atoms with Crippen molar-refractivity contribution in [2.24, 2.45) is 4.99 Å². The van der Waals surface area contributed by atoms with Crippen LogP contribution in [0.15, 0.2) is 29.3 Å². The monoisotopic (exact) mass is 439 g/mol. The summed E-state index contributed by atoms with van der Waals surface area (Å²) < 4.78 is 0. The van der Waals surface area contributed by atoms with E-state index in [1.807, 2.05) is 37.0 Å². The fraction of sp³-hybridized carbons (Fsp3) is 0.533. The third kappa shape index (κ3) is 6.24. The molecule has 1 aliphatic carbocycles. The van der Waals surface area contributed by atoms with Crippen LogP contribution in [0.5, 0.6) is 0 Å². The highest BCUT2D eigenvalue weighted by Gasteiger charge is 2.24. The van der Waals surface area contributed by atoms with Crippen molar-refractivity contribution in [1.82, 2.24) is 10.6 Å². The fourth-order valence-corrected chi connectivity index (χ4v) is 3.52. The van der Waals surface area contributed by atoms with Gasteiger partial charge in [0.15, 0.2) is 5.96 Å². The second-order valence-corrected chi connectivity index (χ2v) is 6.64. The summed E-state index contributed by atoms with van der Waals surface area (Å²) in [5, 5.41) is 8.41. The molecule has 0 amide bonds. The number of hydrogen-bond acceptors (Lipinski definition) is 2. The lowest BCUT2D eigenvalue weighted by atomic mass is 10.2. The first-order valence-electron chi connectivity index (χ1n) is 6.95. The third-order valence-electron chi connectivity index (χ3n) is 3.63. The minimum absolute atomic E-state index is 0. The molecule has 1 aromatic rings. The van der Waals surface area contributed by atoms with Crippen molar-refractivity contribution >= 4 is 53.3 Å². The van der Waals surface area contributed by atoms with Gasteiger partial charge in [-0.05, 0) is 43.2 Å². The lowest BCUT2D eigenvalue weighted by Crippen LogP contribution is -2.42. The third-order valence-corrected chi connectivity index (χ3v) is 4.96. The predicted molar refractivity (Wildman–Crippen MR) is 105 cm³/mol. The molecule has 2 N–H and O–H groups in total. The average Bonchev–Trinajstić information content (AvgIpc) is 2.91. The number of rotatable bonds is 4. The maximum Gasteiger partial charge on any atom is 0.191 e. The number of benzene rings is 1. The largest absolute Gasteiger partial charge is 0.354 e. The number of aliphatic imine (C=N–C) groups is 1. The van der Waals surface area contributed by atoms with Crippen LogP contribution < -0.4 is 10.6 Å². The molecule has 0 bridgehead atoms. The van der Waals surface area contributed by atoms with Crippen LogP contribution in [0.1, 0.15) is 24.8 Å². The Morgan fingerprint density at radius 2 is 2.24 bits per heavy atom. The first-order valence-corrected chi connectivity index (χ1v) is 8.62. The number of hydrogen-bond donors (Lipinski definition) is 2. The topological polar surface area (TPSA) is 36.4 Å². The summed E-state index contributed by atoms with van der Waals surface area (Å²) in [6.07, 6.45) is 5.94. The Kier molecular flexibility index (Phi) is 8.82. The zero-order valence-corrected chi connectivity index (χ0v) is 16.3.